The van der Waals surface area contributed by atoms with E-state index in [1.54, 1.807) is 0 Å². The number of carbonyl (C=O) groups excluding carboxylic acids is 7. The van der Waals surface area contributed by atoms with Gasteiger partial charge in [0.1, 0.15) is 49.0 Å². The maximum Gasteiger partial charge on any atom is 0.306 e. The van der Waals surface area contributed by atoms with Gasteiger partial charge in [0.25, 0.3) is 0 Å². The minimum Gasteiger partial charge on any atom is -0.508 e. The van der Waals surface area contributed by atoms with Gasteiger partial charge in [0, 0.05) is 50.7 Å². The Morgan fingerprint density at radius 1 is 0.432 bits per heavy atom. The second kappa shape index (κ2) is 64.1. The van der Waals surface area contributed by atoms with Gasteiger partial charge in [-0.15, -0.1) is 0 Å². The van der Waals surface area contributed by atoms with Crippen LogP contribution >= 0.6 is 0 Å². The van der Waals surface area contributed by atoms with E-state index in [1.165, 1.54) is 24.3 Å². The molecule has 4 aliphatic rings. The fourth-order valence-corrected chi connectivity index (χ4v) is 14.4. The number of carbonyl (C=O) groups is 8. The van der Waals surface area contributed by atoms with Crippen LogP contribution in [0.25, 0.3) is 0 Å². The molecule has 2 aliphatic heterocycles. The molecule has 0 radical (unpaired) electrons. The molecular weight excluding hydrogens is 1630 g/mol. The number of guanidine groups is 1. The highest BCUT2D eigenvalue weighted by atomic mass is 18.2. The molecule has 3 aromatic carbocycles. The van der Waals surface area contributed by atoms with Gasteiger partial charge >= 0.3 is 11.9 Å². The monoisotopic (exact) mass is 1760 g/mol. The summed E-state index contributed by atoms with van der Waals surface area (Å²) in [5, 5.41) is 41.8. The molecule has 37 heteroatoms. The van der Waals surface area contributed by atoms with Crippen LogP contribution in [-0.2, 0) is 127 Å². The lowest BCUT2D eigenvalue weighted by molar-refractivity contribution is -0.145. The molecule has 0 bridgehead atoms. The lowest BCUT2D eigenvalue weighted by Gasteiger charge is -2.33. The number of unbranched alkanes of at least 4 members (excludes halogenated alkanes) is 2. The molecular formula is C88H133FN10O26. The predicted molar refractivity (Wildman–Crippen MR) is 457 cm³/mol. The molecule has 9 atom stereocenters. The number of rotatable bonds is 68. The van der Waals surface area contributed by atoms with Crippen LogP contribution in [0.3, 0.4) is 0 Å². The van der Waals surface area contributed by atoms with E-state index in [2.05, 4.69) is 68.0 Å². The molecule has 5 amide bonds. The molecule has 11 N–H and O–H groups in total. The number of carboxylic acid groups (broad SMARTS) is 1. The third-order valence-electron chi connectivity index (χ3n) is 21.0. The Hall–Kier alpha value is -8.64. The summed E-state index contributed by atoms with van der Waals surface area (Å²) in [5.74, 6) is -3.95. The first-order chi connectivity index (χ1) is 61.1. The Bertz CT molecular complexity index is 3650. The van der Waals surface area contributed by atoms with Crippen LogP contribution in [0.1, 0.15) is 119 Å². The maximum absolute atomic E-state index is 14.1. The van der Waals surface area contributed by atoms with Crippen molar-refractivity contribution in [1.29, 1.82) is 0 Å². The van der Waals surface area contributed by atoms with E-state index < -0.39 is 79.3 Å². The molecule has 1 saturated heterocycles. The number of amides is 5. The maximum atomic E-state index is 14.1. The summed E-state index contributed by atoms with van der Waals surface area (Å²) in [4.78, 5) is 109. The van der Waals surface area contributed by atoms with Crippen LogP contribution in [0, 0.1) is 29.6 Å². The zero-order chi connectivity index (χ0) is 89.0. The summed E-state index contributed by atoms with van der Waals surface area (Å²) in [5.41, 5.74) is 16.5. The summed E-state index contributed by atoms with van der Waals surface area (Å²) >= 11 is 0. The smallest absolute Gasteiger partial charge is 0.306 e. The topological polar surface area (TPSA) is 474 Å². The number of ether oxygens (including phenoxy) is 16. The van der Waals surface area contributed by atoms with Gasteiger partial charge in [-0.1, -0.05) is 79.6 Å². The Labute approximate surface area is 731 Å². The number of fused-ring (bicyclic) bond motifs is 2. The first-order valence-electron chi connectivity index (χ1n) is 43.8. The fourth-order valence-electron chi connectivity index (χ4n) is 14.4. The largest absolute Gasteiger partial charge is 0.508 e. The van der Waals surface area contributed by atoms with E-state index >= 15 is 0 Å². The molecule has 698 valence electrons. The molecule has 2 heterocycles. The lowest BCUT2D eigenvalue weighted by Crippen LogP contribution is -2.58. The summed E-state index contributed by atoms with van der Waals surface area (Å²) in [6.45, 7) is 11.2. The number of halogens is 1. The highest BCUT2D eigenvalue weighted by Gasteiger charge is 2.52. The Morgan fingerprint density at radius 3 is 1.36 bits per heavy atom. The zero-order valence-electron chi connectivity index (χ0n) is 72.1. The number of phenolic OH excluding ortho intramolecular Hbond substituents is 1. The van der Waals surface area contributed by atoms with Crippen molar-refractivity contribution in [3.8, 4) is 5.75 Å². The van der Waals surface area contributed by atoms with Crippen molar-refractivity contribution in [2.24, 2.45) is 56.3 Å². The number of nitrogens with zero attached hydrogens (tertiary/aromatic N) is 3. The first kappa shape index (κ1) is 103. The van der Waals surface area contributed by atoms with Crippen LogP contribution in [0.4, 0.5) is 4.39 Å². The molecule has 0 aromatic heterocycles. The molecule has 3 aromatic rings. The van der Waals surface area contributed by atoms with E-state index in [-0.39, 0.29) is 113 Å². The first-order valence-corrected chi connectivity index (χ1v) is 43.8. The highest BCUT2D eigenvalue weighted by molar-refractivity contribution is 6.11. The van der Waals surface area contributed by atoms with Crippen molar-refractivity contribution in [3.05, 3.63) is 101 Å². The van der Waals surface area contributed by atoms with Crippen molar-refractivity contribution in [3.63, 3.8) is 0 Å². The number of aromatic hydroxyl groups is 1. The van der Waals surface area contributed by atoms with Gasteiger partial charge in [-0.05, 0) is 110 Å². The number of benzene rings is 3. The third kappa shape index (κ3) is 44.6. The van der Waals surface area contributed by atoms with Gasteiger partial charge in [0.2, 0.25) is 29.5 Å². The number of hydrogen-bond donors (Lipinski definition) is 9. The lowest BCUT2D eigenvalue weighted by atomic mass is 9.73. The normalized spacial score (nSPS) is 19.9. The SMILES string of the molecule is NC(N)=NCCC[C@@H]1NC(=O)C(CCCCCC(=O)CCOCCOCCOCCOCCOCCOCCOCCOCCOCCOCCOCCOCCCC(=O)OCc2ccc(C3=NN=C(c4ccccc4)C4CC[C@@H]5[C@H](CCC34)[C@@H]5COCCOCCOCC[18F])cc2)NC(=O)[C@@H](Cc2ccc(O)cc2)NC(=O)[C@H](CC(=O)O)NC(=O)CNC1=O. The van der Waals surface area contributed by atoms with Crippen molar-refractivity contribution < 1.29 is 129 Å². The van der Waals surface area contributed by atoms with Gasteiger partial charge in [-0.2, -0.15) is 10.2 Å². The number of esters is 1. The number of nitrogens with two attached hydrogens (primary N) is 2. The van der Waals surface area contributed by atoms with Gasteiger partial charge in [0.05, 0.1) is 216 Å². The predicted octanol–water partition coefficient (Wildman–Crippen LogP) is 4.06. The summed E-state index contributed by atoms with van der Waals surface area (Å²) in [6.07, 6.45) is 6.06. The Kier molecular flexibility index (Phi) is 53.1. The van der Waals surface area contributed by atoms with Crippen LogP contribution < -0.4 is 38.1 Å². The minimum atomic E-state index is -1.65. The number of aliphatic carboxylic acids is 1. The van der Waals surface area contributed by atoms with Crippen LogP contribution in [-0.4, -0.2) is 317 Å². The van der Waals surface area contributed by atoms with E-state index in [9.17, 15) is 53.0 Å². The Morgan fingerprint density at radius 2 is 0.864 bits per heavy atom. The van der Waals surface area contributed by atoms with Crippen LogP contribution in [0.15, 0.2) is 94.1 Å². The second-order valence-electron chi connectivity index (χ2n) is 30.3. The fraction of sp³-hybridized carbons (Fsp3) is 0.670. The van der Waals surface area contributed by atoms with Crippen LogP contribution in [0.2, 0.25) is 0 Å². The Balaban J connectivity index is 0.590. The molecule has 3 unspecified atom stereocenters. The van der Waals surface area contributed by atoms with Crippen molar-refractivity contribution in [2.45, 2.75) is 134 Å². The van der Waals surface area contributed by atoms with E-state index in [0.29, 0.717) is 221 Å². The van der Waals surface area contributed by atoms with Crippen LogP contribution in [0.5, 0.6) is 5.75 Å². The standard InChI is InChI=1S/C88H133FN10O26/c89-28-32-112-35-38-123-57-58-124-63-74-70-23-25-72-73(26-24-71(70)74)83(99-98-82(72)66-9-3-1-4-10-66)67-19-15-65(16-20-67)62-125-81(105)14-8-30-110-33-36-113-39-41-115-43-45-117-47-49-119-51-53-121-55-56-122-54-52-120-50-48-118-46-44-116-42-40-114-37-34-111-31-27-68(100)11-5-2-6-12-76-85(107)95-75(13-7-29-92-88(90)91)84(106)93-61-79(102)94-78(60-80(103)104)87(109)97-77(86(108)96-76)59-64-17-21-69(101)22-18-64/h1,3-4,9-10,15-22,70-78,101H,2,5-8,11-14,23-63H2,(H,93,106)(H,94,102)(H,95,107)(H,96,108)(H,97,109)(H,103,104)(H4,90,91,92)/t70-,71+,72?,73?,74-,75+,76?,77-,78+/m1/s1/i89-1. The third-order valence-corrected chi connectivity index (χ3v) is 21.0. The quantitative estimate of drug-likeness (QED) is 0.0166. The zero-order valence-corrected chi connectivity index (χ0v) is 72.1. The van der Waals surface area contributed by atoms with Crippen molar-refractivity contribution >= 4 is 64.6 Å². The van der Waals surface area contributed by atoms with Gasteiger partial charge in [-0.3, -0.25) is 43.3 Å². The summed E-state index contributed by atoms with van der Waals surface area (Å²) < 4.78 is 102. The van der Waals surface area contributed by atoms with E-state index in [0.717, 1.165) is 60.4 Å². The summed E-state index contributed by atoms with van der Waals surface area (Å²) in [7, 11) is 0. The number of carboxylic acids is 1. The van der Waals surface area contributed by atoms with Crippen molar-refractivity contribution in [2.75, 3.05) is 218 Å². The molecule has 125 heavy (non-hydrogen) atoms. The molecule has 2 aliphatic carbocycles. The van der Waals surface area contributed by atoms with Gasteiger partial charge < -0.3 is 124 Å². The molecule has 3 fully saturated rings. The van der Waals surface area contributed by atoms with Crippen molar-refractivity contribution in [1.82, 2.24) is 26.6 Å². The van der Waals surface area contributed by atoms with E-state index in [1.807, 2.05) is 18.2 Å². The number of ketones is 1. The number of hydrogen-bond acceptors (Lipinski definition) is 28. The highest BCUT2D eigenvalue weighted by Crippen LogP contribution is 2.56. The average molecular weight is 1770 g/mol. The number of nitrogens with one attached hydrogen (secondary N) is 5. The van der Waals surface area contributed by atoms with Gasteiger partial charge in [0.15, 0.2) is 5.96 Å². The average Bonchev–Trinajstić information content (AvgIpc) is 1.62. The number of alkyl halides is 1. The number of Topliss-reactive ketones (excluding diaryl/α,β-unsaturated/α-hetero) is 1. The molecule has 0 spiro atoms. The second-order valence-corrected chi connectivity index (χ2v) is 30.3. The number of aliphatic imine (C=N–C) groups is 1. The molecule has 2 saturated carbocycles. The summed E-state index contributed by atoms with van der Waals surface area (Å²) in [6, 6.07) is 18.8. The van der Waals surface area contributed by atoms with E-state index in [4.69, 9.17) is 97.5 Å². The minimum absolute atomic E-state index is 0.0126. The van der Waals surface area contributed by atoms with Gasteiger partial charge in [-0.25, -0.2) is 4.39 Å². The number of phenols is 1. The molecule has 7 rings (SSSR count). The molecule has 36 nitrogen and oxygen atoms in total.